The van der Waals surface area contributed by atoms with Crippen molar-refractivity contribution in [2.24, 2.45) is 5.92 Å². The Labute approximate surface area is 193 Å². The largest absolute Gasteiger partial charge is 0.492 e. The molecule has 1 aromatic heterocycles. The van der Waals surface area contributed by atoms with Gasteiger partial charge in [-0.25, -0.2) is 14.6 Å². The first-order valence-electron chi connectivity index (χ1n) is 10.3. The molecule has 0 radical (unpaired) electrons. The number of rotatable bonds is 10. The zero-order valence-corrected chi connectivity index (χ0v) is 18.8. The summed E-state index contributed by atoms with van der Waals surface area (Å²) < 4.78 is 0.449. The molecule has 0 saturated heterocycles. The lowest BCUT2D eigenvalue weighted by Gasteiger charge is -2.33. The highest BCUT2D eigenvalue weighted by Gasteiger charge is 2.40. The van der Waals surface area contributed by atoms with Crippen LogP contribution < -0.4 is 21.7 Å². The first-order valence-corrected chi connectivity index (χ1v) is 10.3. The molecule has 0 aliphatic heterocycles. The first kappa shape index (κ1) is 26.0. The molecule has 7 N–H and O–H groups in total. The summed E-state index contributed by atoms with van der Waals surface area (Å²) in [6, 6.07) is 3.15. The standard InChI is InChI=1S/C21H27N5O8/c1-10(2)17(20(32)33)25(18(30)15(9-16(28)29)23-11(3)27)26-19(31)14(24-21(26)34)8-12-4-6-13(22)7-5-12/h4-7,10,15,17,31H,8-9,22H2,1-3H3,(H,23,27)(H,24,34)(H,28,29)(H,32,33)/t15-,17-/m0/s1. The Bertz CT molecular complexity index is 1120. The molecule has 2 rings (SSSR count). The number of amides is 2. The van der Waals surface area contributed by atoms with Gasteiger partial charge in [0.15, 0.2) is 6.04 Å². The third kappa shape index (κ3) is 5.94. The molecule has 0 saturated carbocycles. The minimum atomic E-state index is -1.70. The average Bonchev–Trinajstić information content (AvgIpc) is 2.98. The second kappa shape index (κ2) is 10.6. The zero-order valence-electron chi connectivity index (χ0n) is 18.8. The number of H-pyrrole nitrogens is 1. The molecule has 0 spiro atoms. The Balaban J connectivity index is 2.64. The number of imidazole rings is 1. The number of nitrogens with two attached hydrogens (primary N) is 1. The Morgan fingerprint density at radius 2 is 1.74 bits per heavy atom. The van der Waals surface area contributed by atoms with Crippen molar-refractivity contribution in [1.29, 1.82) is 0 Å². The maximum atomic E-state index is 13.4. The van der Waals surface area contributed by atoms with Gasteiger partial charge in [-0.15, -0.1) is 0 Å². The van der Waals surface area contributed by atoms with E-state index in [4.69, 9.17) is 5.73 Å². The molecular weight excluding hydrogens is 450 g/mol. The van der Waals surface area contributed by atoms with E-state index in [1.165, 1.54) is 13.8 Å². The number of nitrogens with zero attached hydrogens (tertiary/aromatic N) is 2. The van der Waals surface area contributed by atoms with Crippen molar-refractivity contribution in [3.05, 3.63) is 46.0 Å². The van der Waals surface area contributed by atoms with Crippen LogP contribution in [0.2, 0.25) is 0 Å². The van der Waals surface area contributed by atoms with Crippen LogP contribution >= 0.6 is 0 Å². The number of hydrogen-bond donors (Lipinski definition) is 6. The van der Waals surface area contributed by atoms with Gasteiger partial charge in [0.25, 0.3) is 5.91 Å². The number of carbonyl (C=O) groups excluding carboxylic acids is 2. The number of carbonyl (C=O) groups is 4. The molecule has 13 nitrogen and oxygen atoms in total. The van der Waals surface area contributed by atoms with E-state index in [0.717, 1.165) is 6.92 Å². The Hall–Kier alpha value is -4.29. The number of nitrogens with one attached hydrogen (secondary N) is 2. The van der Waals surface area contributed by atoms with Gasteiger partial charge in [0.05, 0.1) is 12.1 Å². The highest BCUT2D eigenvalue weighted by molar-refractivity contribution is 5.99. The molecule has 2 amide bonds. The summed E-state index contributed by atoms with van der Waals surface area (Å²) in [5, 5.41) is 32.4. The Morgan fingerprint density at radius 1 is 1.15 bits per heavy atom. The van der Waals surface area contributed by atoms with Crippen LogP contribution in [0.25, 0.3) is 0 Å². The van der Waals surface area contributed by atoms with Crippen molar-refractivity contribution in [2.45, 2.75) is 45.7 Å². The molecule has 34 heavy (non-hydrogen) atoms. The summed E-state index contributed by atoms with van der Waals surface area (Å²) in [5.41, 5.74) is 5.76. The number of anilines is 1. The summed E-state index contributed by atoms with van der Waals surface area (Å²) in [7, 11) is 0. The van der Waals surface area contributed by atoms with Crippen molar-refractivity contribution in [3.63, 3.8) is 0 Å². The third-order valence-corrected chi connectivity index (χ3v) is 4.92. The number of aromatic amines is 1. The van der Waals surface area contributed by atoms with Crippen LogP contribution in [-0.2, 0) is 25.6 Å². The second-order valence-electron chi connectivity index (χ2n) is 8.02. The number of benzene rings is 1. The lowest BCUT2D eigenvalue weighted by molar-refractivity contribution is -0.143. The lowest BCUT2D eigenvalue weighted by Crippen LogP contribution is -2.62. The van der Waals surface area contributed by atoms with Gasteiger partial charge >= 0.3 is 17.6 Å². The number of nitrogen functional groups attached to an aromatic ring is 1. The van der Waals surface area contributed by atoms with Gasteiger partial charge in [-0.1, -0.05) is 26.0 Å². The maximum absolute atomic E-state index is 13.4. The van der Waals surface area contributed by atoms with E-state index in [2.05, 4.69) is 10.3 Å². The Kier molecular flexibility index (Phi) is 8.06. The molecule has 0 fully saturated rings. The normalized spacial score (nSPS) is 12.7. The molecule has 2 aromatic rings. The summed E-state index contributed by atoms with van der Waals surface area (Å²) in [5.74, 6) is -6.41. The SMILES string of the molecule is CC(=O)N[C@@H](CC(=O)O)C(=O)N([C@H](C(=O)O)C(C)C)n1c(O)c(Cc2ccc(N)cc2)[nH]c1=O. The van der Waals surface area contributed by atoms with Crippen LogP contribution in [0.1, 0.15) is 38.4 Å². The molecule has 184 valence electrons. The van der Waals surface area contributed by atoms with Crippen LogP contribution in [0.15, 0.2) is 29.1 Å². The van der Waals surface area contributed by atoms with Crippen molar-refractivity contribution in [2.75, 3.05) is 10.7 Å². The molecule has 13 heteroatoms. The predicted molar refractivity (Wildman–Crippen MR) is 120 cm³/mol. The molecule has 0 aliphatic rings. The number of carboxylic acid groups (broad SMARTS) is 2. The van der Waals surface area contributed by atoms with Crippen molar-refractivity contribution in [3.8, 4) is 5.88 Å². The lowest BCUT2D eigenvalue weighted by atomic mass is 10.0. The van der Waals surface area contributed by atoms with E-state index in [-0.39, 0.29) is 12.1 Å². The van der Waals surface area contributed by atoms with E-state index in [9.17, 15) is 39.3 Å². The molecule has 1 heterocycles. The van der Waals surface area contributed by atoms with Crippen molar-refractivity contribution >= 4 is 29.4 Å². The minimum absolute atomic E-state index is 0.0139. The predicted octanol–water partition coefficient (Wildman–Crippen LogP) is -0.392. The smallest absolute Gasteiger partial charge is 0.348 e. The first-order chi connectivity index (χ1) is 15.8. The van der Waals surface area contributed by atoms with Gasteiger partial charge in [-0.05, 0) is 23.6 Å². The summed E-state index contributed by atoms with van der Waals surface area (Å²) >= 11 is 0. The number of hydrogen-bond acceptors (Lipinski definition) is 7. The molecule has 0 aliphatic carbocycles. The monoisotopic (exact) mass is 477 g/mol. The molecule has 0 bridgehead atoms. The van der Waals surface area contributed by atoms with Crippen LogP contribution in [0.4, 0.5) is 5.69 Å². The van der Waals surface area contributed by atoms with Crippen LogP contribution in [-0.4, -0.2) is 60.8 Å². The van der Waals surface area contributed by atoms with E-state index < -0.39 is 59.7 Å². The van der Waals surface area contributed by atoms with Gasteiger partial charge in [0.1, 0.15) is 6.04 Å². The fourth-order valence-electron chi connectivity index (χ4n) is 3.44. The maximum Gasteiger partial charge on any atom is 0.348 e. The van der Waals surface area contributed by atoms with Gasteiger partial charge in [0, 0.05) is 19.0 Å². The van der Waals surface area contributed by atoms with Crippen LogP contribution in [0.3, 0.4) is 0 Å². The third-order valence-electron chi connectivity index (χ3n) is 4.92. The fourth-order valence-corrected chi connectivity index (χ4v) is 3.44. The quantitative estimate of drug-likeness (QED) is 0.246. The zero-order chi connectivity index (χ0) is 25.7. The number of carboxylic acids is 2. The number of aromatic nitrogens is 2. The van der Waals surface area contributed by atoms with Crippen molar-refractivity contribution < 1.29 is 34.5 Å². The van der Waals surface area contributed by atoms with Gasteiger partial charge in [0.2, 0.25) is 11.8 Å². The van der Waals surface area contributed by atoms with E-state index in [1.807, 2.05) is 0 Å². The Morgan fingerprint density at radius 3 is 2.21 bits per heavy atom. The topological polar surface area (TPSA) is 208 Å². The van der Waals surface area contributed by atoms with Crippen LogP contribution in [0, 0.1) is 5.92 Å². The molecular formula is C21H27N5O8. The highest BCUT2D eigenvalue weighted by Crippen LogP contribution is 2.22. The number of aliphatic carboxylic acids is 2. The number of aromatic hydroxyl groups is 1. The fraction of sp³-hybridized carbons (Fsp3) is 0.381. The second-order valence-corrected chi connectivity index (χ2v) is 8.02. The summed E-state index contributed by atoms with van der Waals surface area (Å²) in [6.07, 6.45) is -0.863. The highest BCUT2D eigenvalue weighted by atomic mass is 16.4. The van der Waals surface area contributed by atoms with Crippen molar-refractivity contribution in [1.82, 2.24) is 15.0 Å². The van der Waals surface area contributed by atoms with E-state index in [0.29, 0.717) is 20.9 Å². The van der Waals surface area contributed by atoms with Gasteiger partial charge < -0.3 is 31.4 Å². The summed E-state index contributed by atoms with van der Waals surface area (Å²) in [4.78, 5) is 63.5. The van der Waals surface area contributed by atoms with E-state index in [1.54, 1.807) is 24.3 Å². The summed E-state index contributed by atoms with van der Waals surface area (Å²) in [6.45, 7) is 3.98. The average molecular weight is 477 g/mol. The van der Waals surface area contributed by atoms with Crippen LogP contribution in [0.5, 0.6) is 5.88 Å². The van der Waals surface area contributed by atoms with Gasteiger partial charge in [-0.3, -0.25) is 14.4 Å². The van der Waals surface area contributed by atoms with E-state index >= 15 is 0 Å². The van der Waals surface area contributed by atoms with Gasteiger partial charge in [-0.2, -0.15) is 4.68 Å². The molecule has 1 aromatic carbocycles. The minimum Gasteiger partial charge on any atom is -0.492 e. The molecule has 0 unspecified atom stereocenters. The molecule has 2 atom stereocenters.